The van der Waals surface area contributed by atoms with Crippen molar-refractivity contribution >= 4 is 25.6 Å². The van der Waals surface area contributed by atoms with Gasteiger partial charge in [0.2, 0.25) is 0 Å². The van der Waals surface area contributed by atoms with Crippen molar-refractivity contribution in [1.82, 2.24) is 15.1 Å². The summed E-state index contributed by atoms with van der Waals surface area (Å²) in [4.78, 5) is 13.7. The van der Waals surface area contributed by atoms with Gasteiger partial charge in [0.15, 0.2) is 5.69 Å². The smallest absolute Gasteiger partial charge is 0.276 e. The van der Waals surface area contributed by atoms with Crippen LogP contribution in [0.1, 0.15) is 43.4 Å². The van der Waals surface area contributed by atoms with Crippen LogP contribution in [0.25, 0.3) is 0 Å². The summed E-state index contributed by atoms with van der Waals surface area (Å²) < 4.78 is 23.1. The molecule has 1 amide bonds. The van der Waals surface area contributed by atoms with Gasteiger partial charge in [-0.15, -0.1) is 0 Å². The number of carbonyl (C=O) groups is 1. The Kier molecular flexibility index (Phi) is 4.98. The van der Waals surface area contributed by atoms with Crippen LogP contribution in [-0.4, -0.2) is 42.0 Å². The Labute approximate surface area is 117 Å². The second-order valence-electron chi connectivity index (χ2n) is 4.56. The quantitative estimate of drug-likeness (QED) is 0.842. The van der Waals surface area contributed by atoms with Gasteiger partial charge in [-0.05, 0) is 27.2 Å². The van der Waals surface area contributed by atoms with Crippen molar-refractivity contribution in [2.45, 2.75) is 45.1 Å². The molecule has 0 radical (unpaired) electrons. The Bertz CT molecular complexity index is 566. The molecule has 0 fully saturated rings. The van der Waals surface area contributed by atoms with E-state index >= 15 is 0 Å². The summed E-state index contributed by atoms with van der Waals surface area (Å²) >= 11 is 0. The molecule has 0 aliphatic carbocycles. The van der Waals surface area contributed by atoms with Crippen molar-refractivity contribution in [3.05, 3.63) is 11.4 Å². The second kappa shape index (κ2) is 5.92. The van der Waals surface area contributed by atoms with Crippen LogP contribution in [0, 0.1) is 6.92 Å². The standard InChI is InChI=1S/C11H18ClN3O3S/c1-5-6-15(7(2)3)11(16)9-10(19(12,17)18)8(4)13-14-9/h7H,5-6H2,1-4H3,(H,13,14). The third kappa shape index (κ3) is 3.48. The molecule has 0 saturated heterocycles. The minimum absolute atomic E-state index is 0.0460. The molecule has 0 aromatic carbocycles. The number of aromatic amines is 1. The minimum atomic E-state index is -4.01. The molecule has 0 aliphatic rings. The summed E-state index contributed by atoms with van der Waals surface area (Å²) in [5.41, 5.74) is 0.119. The molecular formula is C11H18ClN3O3S. The minimum Gasteiger partial charge on any atom is -0.335 e. The van der Waals surface area contributed by atoms with Crippen molar-refractivity contribution < 1.29 is 13.2 Å². The summed E-state index contributed by atoms with van der Waals surface area (Å²) in [6.45, 7) is 7.71. The molecule has 0 aliphatic heterocycles. The first-order valence-corrected chi connectivity index (χ1v) is 8.31. The lowest BCUT2D eigenvalue weighted by Crippen LogP contribution is -2.38. The first-order chi connectivity index (χ1) is 8.70. The maximum Gasteiger partial charge on any atom is 0.276 e. The number of amides is 1. The Hall–Kier alpha value is -1.08. The highest BCUT2D eigenvalue weighted by molar-refractivity contribution is 8.13. The highest BCUT2D eigenvalue weighted by Crippen LogP contribution is 2.23. The van der Waals surface area contributed by atoms with Crippen LogP contribution in [0.4, 0.5) is 0 Å². The zero-order valence-electron chi connectivity index (χ0n) is 11.4. The lowest BCUT2D eigenvalue weighted by Gasteiger charge is -2.25. The second-order valence-corrected chi connectivity index (χ2v) is 7.06. The van der Waals surface area contributed by atoms with Crippen LogP contribution in [-0.2, 0) is 9.05 Å². The van der Waals surface area contributed by atoms with Crippen molar-refractivity contribution in [3.8, 4) is 0 Å². The largest absolute Gasteiger partial charge is 0.335 e. The summed E-state index contributed by atoms with van der Waals surface area (Å²) in [5, 5.41) is 6.29. The highest BCUT2D eigenvalue weighted by Gasteiger charge is 2.30. The molecule has 19 heavy (non-hydrogen) atoms. The lowest BCUT2D eigenvalue weighted by molar-refractivity contribution is 0.0696. The normalized spacial score (nSPS) is 11.9. The predicted molar refractivity (Wildman–Crippen MR) is 72.8 cm³/mol. The van der Waals surface area contributed by atoms with Crippen LogP contribution in [0.15, 0.2) is 4.90 Å². The molecule has 1 aromatic heterocycles. The van der Waals surface area contributed by atoms with Gasteiger partial charge in [-0.1, -0.05) is 6.92 Å². The van der Waals surface area contributed by atoms with Gasteiger partial charge in [0.25, 0.3) is 15.0 Å². The maximum atomic E-state index is 12.4. The Morgan fingerprint density at radius 3 is 2.47 bits per heavy atom. The third-order valence-electron chi connectivity index (χ3n) is 2.69. The van der Waals surface area contributed by atoms with E-state index in [0.29, 0.717) is 6.54 Å². The number of aryl methyl sites for hydroxylation is 1. The lowest BCUT2D eigenvalue weighted by atomic mass is 10.2. The van der Waals surface area contributed by atoms with Gasteiger partial charge >= 0.3 is 0 Å². The Morgan fingerprint density at radius 1 is 1.47 bits per heavy atom. The van der Waals surface area contributed by atoms with E-state index in [1.165, 1.54) is 6.92 Å². The van der Waals surface area contributed by atoms with E-state index in [-0.39, 0.29) is 22.3 Å². The van der Waals surface area contributed by atoms with E-state index in [1.54, 1.807) is 4.90 Å². The summed E-state index contributed by atoms with van der Waals surface area (Å²) in [5.74, 6) is -0.430. The van der Waals surface area contributed by atoms with Crippen molar-refractivity contribution in [1.29, 1.82) is 0 Å². The van der Waals surface area contributed by atoms with Crippen molar-refractivity contribution in [2.75, 3.05) is 6.54 Å². The van der Waals surface area contributed by atoms with Gasteiger partial charge in [-0.25, -0.2) is 8.42 Å². The molecule has 0 spiro atoms. The SMILES string of the molecule is CCCN(C(=O)c1n[nH]c(C)c1S(=O)(=O)Cl)C(C)C. The van der Waals surface area contributed by atoms with Gasteiger partial charge in [-0.2, -0.15) is 5.10 Å². The van der Waals surface area contributed by atoms with Gasteiger partial charge in [0.05, 0.1) is 5.69 Å². The van der Waals surface area contributed by atoms with Crippen LogP contribution in [0.2, 0.25) is 0 Å². The molecule has 0 atom stereocenters. The van der Waals surface area contributed by atoms with E-state index in [4.69, 9.17) is 10.7 Å². The Balaban J connectivity index is 3.27. The van der Waals surface area contributed by atoms with E-state index < -0.39 is 15.0 Å². The fourth-order valence-electron chi connectivity index (χ4n) is 1.83. The van der Waals surface area contributed by atoms with Crippen molar-refractivity contribution in [3.63, 3.8) is 0 Å². The number of aromatic nitrogens is 2. The van der Waals surface area contributed by atoms with Gasteiger partial charge in [-0.3, -0.25) is 9.89 Å². The molecule has 1 N–H and O–H groups in total. The fourth-order valence-corrected chi connectivity index (χ4v) is 3.18. The predicted octanol–water partition coefficient (Wildman–Crippen LogP) is 1.91. The molecule has 6 nitrogen and oxygen atoms in total. The highest BCUT2D eigenvalue weighted by atomic mass is 35.7. The molecule has 1 rings (SSSR count). The maximum absolute atomic E-state index is 12.4. The summed E-state index contributed by atoms with van der Waals surface area (Å²) in [6.07, 6.45) is 0.774. The molecule has 0 bridgehead atoms. The average molecular weight is 308 g/mol. The van der Waals surface area contributed by atoms with Gasteiger partial charge < -0.3 is 4.90 Å². The number of carbonyl (C=O) groups excluding carboxylic acids is 1. The first kappa shape index (κ1) is 16.0. The monoisotopic (exact) mass is 307 g/mol. The number of hydrogen-bond donors (Lipinski definition) is 1. The van der Waals surface area contributed by atoms with Gasteiger partial charge in [0, 0.05) is 23.3 Å². The van der Waals surface area contributed by atoms with E-state index in [2.05, 4.69) is 10.2 Å². The number of halogens is 1. The van der Waals surface area contributed by atoms with Crippen LogP contribution < -0.4 is 0 Å². The molecule has 1 aromatic rings. The molecule has 1 heterocycles. The number of hydrogen-bond acceptors (Lipinski definition) is 4. The number of nitrogens with zero attached hydrogens (tertiary/aromatic N) is 2. The van der Waals surface area contributed by atoms with E-state index in [0.717, 1.165) is 6.42 Å². The molecule has 8 heteroatoms. The van der Waals surface area contributed by atoms with Crippen LogP contribution in [0.5, 0.6) is 0 Å². The number of H-pyrrole nitrogens is 1. The van der Waals surface area contributed by atoms with Gasteiger partial charge in [0.1, 0.15) is 4.90 Å². The number of rotatable bonds is 5. The topological polar surface area (TPSA) is 83.1 Å². The summed E-state index contributed by atoms with van der Waals surface area (Å²) in [6, 6.07) is -0.0460. The molecule has 108 valence electrons. The average Bonchev–Trinajstić information content (AvgIpc) is 2.66. The zero-order valence-corrected chi connectivity index (χ0v) is 13.0. The Morgan fingerprint density at radius 2 is 2.05 bits per heavy atom. The molecule has 0 saturated carbocycles. The van der Waals surface area contributed by atoms with Crippen molar-refractivity contribution in [2.24, 2.45) is 0 Å². The van der Waals surface area contributed by atoms with E-state index in [9.17, 15) is 13.2 Å². The molecular weight excluding hydrogens is 290 g/mol. The first-order valence-electron chi connectivity index (χ1n) is 6.00. The third-order valence-corrected chi connectivity index (χ3v) is 4.14. The fraction of sp³-hybridized carbons (Fsp3) is 0.636. The van der Waals surface area contributed by atoms with E-state index in [1.807, 2.05) is 20.8 Å². The molecule has 0 unspecified atom stereocenters. The van der Waals surface area contributed by atoms with Crippen LogP contribution in [0.3, 0.4) is 0 Å². The van der Waals surface area contributed by atoms with Crippen LogP contribution >= 0.6 is 10.7 Å². The zero-order chi connectivity index (χ0) is 14.8. The number of nitrogens with one attached hydrogen (secondary N) is 1. The summed E-state index contributed by atoms with van der Waals surface area (Å²) in [7, 11) is 1.35.